The predicted octanol–water partition coefficient (Wildman–Crippen LogP) is 5.11. The highest BCUT2D eigenvalue weighted by molar-refractivity contribution is 9.09. The minimum atomic E-state index is -0.479. The molecule has 0 aliphatic carbocycles. The molecule has 108 valence electrons. The molecule has 0 bridgehead atoms. The summed E-state index contributed by atoms with van der Waals surface area (Å²) >= 11 is 15.5. The number of hydrogen-bond acceptors (Lipinski definition) is 1. The van der Waals surface area contributed by atoms with Gasteiger partial charge in [-0.15, -0.1) is 0 Å². The first kappa shape index (κ1) is 14.8. The van der Waals surface area contributed by atoms with E-state index in [1.807, 2.05) is 6.07 Å². The van der Waals surface area contributed by atoms with Gasteiger partial charge in [-0.25, -0.2) is 4.39 Å². The van der Waals surface area contributed by atoms with Crippen molar-refractivity contribution in [3.05, 3.63) is 62.9 Å². The van der Waals surface area contributed by atoms with E-state index in [1.165, 1.54) is 12.1 Å². The fourth-order valence-electron chi connectivity index (χ4n) is 2.31. The van der Waals surface area contributed by atoms with Gasteiger partial charge in [-0.2, -0.15) is 0 Å². The average Bonchev–Trinajstić information content (AvgIpc) is 2.79. The zero-order chi connectivity index (χ0) is 15.1. The minimum absolute atomic E-state index is 0.0538. The molecule has 0 saturated heterocycles. The first-order valence-electron chi connectivity index (χ1n) is 6.17. The number of nitrogens with one attached hydrogen (secondary N) is 1. The Balaban J connectivity index is 2.02. The third-order valence-corrected chi connectivity index (χ3v) is 5.01. The van der Waals surface area contributed by atoms with Crippen molar-refractivity contribution in [2.24, 2.45) is 0 Å². The zero-order valence-electron chi connectivity index (χ0n) is 10.6. The van der Waals surface area contributed by atoms with Crippen molar-refractivity contribution in [3.8, 4) is 0 Å². The van der Waals surface area contributed by atoms with E-state index in [0.29, 0.717) is 17.0 Å². The number of alkyl halides is 1. The Kier molecular flexibility index (Phi) is 3.95. The highest BCUT2D eigenvalue weighted by Crippen LogP contribution is 2.39. The molecular weight excluding hydrogens is 380 g/mol. The van der Waals surface area contributed by atoms with Crippen molar-refractivity contribution < 1.29 is 9.18 Å². The van der Waals surface area contributed by atoms with Crippen molar-refractivity contribution in [1.29, 1.82) is 0 Å². The lowest BCUT2D eigenvalue weighted by molar-refractivity contribution is -0.115. The standard InChI is InChI=1S/C15H9BrCl2FNO/c16-15(7-1-2-10(17)12(19)4-7)9-3-8-5-14(21)20-13(8)6-11(9)18/h1-4,6,15H,5H2,(H,20,21). The maximum absolute atomic E-state index is 13.6. The molecule has 21 heavy (non-hydrogen) atoms. The Morgan fingerprint density at radius 2 is 1.95 bits per heavy atom. The molecule has 6 heteroatoms. The van der Waals surface area contributed by atoms with Gasteiger partial charge >= 0.3 is 0 Å². The number of carbonyl (C=O) groups is 1. The molecule has 3 rings (SSSR count). The monoisotopic (exact) mass is 387 g/mol. The van der Waals surface area contributed by atoms with Gasteiger partial charge in [0.05, 0.1) is 16.3 Å². The minimum Gasteiger partial charge on any atom is -0.325 e. The summed E-state index contributed by atoms with van der Waals surface area (Å²) in [5.41, 5.74) is 3.11. The highest BCUT2D eigenvalue weighted by atomic mass is 79.9. The van der Waals surface area contributed by atoms with Crippen LogP contribution in [0.2, 0.25) is 10.0 Å². The van der Waals surface area contributed by atoms with Gasteiger partial charge in [0.1, 0.15) is 5.82 Å². The molecule has 1 atom stereocenters. The van der Waals surface area contributed by atoms with Crippen LogP contribution in [0.25, 0.3) is 0 Å². The molecule has 1 heterocycles. The SMILES string of the molecule is O=C1Cc2cc(C(Br)c3ccc(Cl)c(F)c3)c(Cl)cc2N1. The zero-order valence-corrected chi connectivity index (χ0v) is 13.7. The number of anilines is 1. The molecular formula is C15H9BrCl2FNO. The molecule has 1 unspecified atom stereocenters. The van der Waals surface area contributed by atoms with E-state index in [2.05, 4.69) is 21.2 Å². The second kappa shape index (κ2) is 5.59. The summed E-state index contributed by atoms with van der Waals surface area (Å²) in [6.07, 6.45) is 0.328. The third-order valence-electron chi connectivity index (χ3n) is 3.36. The van der Waals surface area contributed by atoms with Crippen LogP contribution in [0.15, 0.2) is 30.3 Å². The normalized spacial score (nSPS) is 14.8. The van der Waals surface area contributed by atoms with Gasteiger partial charge in [0.15, 0.2) is 0 Å². The van der Waals surface area contributed by atoms with E-state index in [-0.39, 0.29) is 15.8 Å². The number of halogens is 4. The summed E-state index contributed by atoms with van der Waals surface area (Å²) in [7, 11) is 0. The molecule has 0 spiro atoms. The van der Waals surface area contributed by atoms with Crippen LogP contribution in [0.5, 0.6) is 0 Å². The van der Waals surface area contributed by atoms with Crippen LogP contribution in [0.1, 0.15) is 21.5 Å². The second-order valence-corrected chi connectivity index (χ2v) is 6.52. The molecule has 0 fully saturated rings. The Hall–Kier alpha value is -1.10. The molecule has 2 aromatic rings. The number of hydrogen-bond donors (Lipinski definition) is 1. The van der Waals surface area contributed by atoms with E-state index in [1.54, 1.807) is 12.1 Å². The smallest absolute Gasteiger partial charge is 0.228 e. The molecule has 2 aromatic carbocycles. The topological polar surface area (TPSA) is 29.1 Å². The predicted molar refractivity (Wildman–Crippen MR) is 86.0 cm³/mol. The lowest BCUT2D eigenvalue weighted by atomic mass is 10.0. The van der Waals surface area contributed by atoms with Gasteiger partial charge in [0.25, 0.3) is 0 Å². The van der Waals surface area contributed by atoms with Gasteiger partial charge in [-0.1, -0.05) is 51.3 Å². The lowest BCUT2D eigenvalue weighted by Gasteiger charge is -2.14. The first-order valence-corrected chi connectivity index (χ1v) is 7.84. The van der Waals surface area contributed by atoms with Gasteiger partial charge < -0.3 is 5.32 Å². The van der Waals surface area contributed by atoms with Crippen molar-refractivity contribution in [2.45, 2.75) is 11.2 Å². The van der Waals surface area contributed by atoms with E-state index in [9.17, 15) is 9.18 Å². The van der Waals surface area contributed by atoms with E-state index < -0.39 is 5.82 Å². The summed E-state index contributed by atoms with van der Waals surface area (Å²) in [4.78, 5) is 11.1. The number of rotatable bonds is 2. The van der Waals surface area contributed by atoms with Crippen LogP contribution in [0, 0.1) is 5.82 Å². The number of benzene rings is 2. The van der Waals surface area contributed by atoms with Crippen LogP contribution in [-0.4, -0.2) is 5.91 Å². The quantitative estimate of drug-likeness (QED) is 0.711. The molecule has 1 N–H and O–H groups in total. The maximum atomic E-state index is 13.6. The Labute approximate surface area is 139 Å². The summed E-state index contributed by atoms with van der Waals surface area (Å²) in [5, 5.41) is 3.33. The van der Waals surface area contributed by atoms with E-state index in [4.69, 9.17) is 23.2 Å². The summed E-state index contributed by atoms with van der Waals surface area (Å²) < 4.78 is 13.6. The van der Waals surface area contributed by atoms with Crippen molar-refractivity contribution in [1.82, 2.24) is 0 Å². The first-order chi connectivity index (χ1) is 9.95. The summed E-state index contributed by atoms with van der Waals surface area (Å²) in [6, 6.07) is 8.19. The lowest BCUT2D eigenvalue weighted by Crippen LogP contribution is -2.03. The molecule has 0 radical (unpaired) electrons. The van der Waals surface area contributed by atoms with Crippen LogP contribution >= 0.6 is 39.1 Å². The molecule has 2 nitrogen and oxygen atoms in total. The van der Waals surface area contributed by atoms with Crippen LogP contribution in [0.4, 0.5) is 10.1 Å². The summed E-state index contributed by atoms with van der Waals surface area (Å²) in [6.45, 7) is 0. The summed E-state index contributed by atoms with van der Waals surface area (Å²) in [5.74, 6) is -0.533. The number of carbonyl (C=O) groups excluding carboxylic acids is 1. The molecule has 1 aliphatic heterocycles. The third kappa shape index (κ3) is 2.80. The maximum Gasteiger partial charge on any atom is 0.228 e. The van der Waals surface area contributed by atoms with E-state index in [0.717, 1.165) is 16.8 Å². The second-order valence-electron chi connectivity index (χ2n) is 4.79. The number of fused-ring (bicyclic) bond motifs is 1. The van der Waals surface area contributed by atoms with Gasteiger partial charge in [0.2, 0.25) is 5.91 Å². The molecule has 1 aliphatic rings. The van der Waals surface area contributed by atoms with Gasteiger partial charge in [-0.05, 0) is 34.9 Å². The average molecular weight is 389 g/mol. The fourth-order valence-corrected chi connectivity index (χ4v) is 3.50. The molecule has 0 saturated carbocycles. The number of amides is 1. The van der Waals surface area contributed by atoms with Crippen molar-refractivity contribution in [3.63, 3.8) is 0 Å². The highest BCUT2D eigenvalue weighted by Gasteiger charge is 2.23. The van der Waals surface area contributed by atoms with Crippen molar-refractivity contribution in [2.75, 3.05) is 5.32 Å². The Morgan fingerprint density at radius 3 is 2.67 bits per heavy atom. The van der Waals surface area contributed by atoms with Crippen LogP contribution in [0.3, 0.4) is 0 Å². The Morgan fingerprint density at radius 1 is 1.19 bits per heavy atom. The fraction of sp³-hybridized carbons (Fsp3) is 0.133. The Bertz CT molecular complexity index is 751. The van der Waals surface area contributed by atoms with Gasteiger partial charge in [0, 0.05) is 10.7 Å². The molecule has 1 amide bonds. The van der Waals surface area contributed by atoms with Crippen LogP contribution in [-0.2, 0) is 11.2 Å². The van der Waals surface area contributed by atoms with Crippen LogP contribution < -0.4 is 5.32 Å². The van der Waals surface area contributed by atoms with Gasteiger partial charge in [-0.3, -0.25) is 4.79 Å². The van der Waals surface area contributed by atoms with Crippen molar-refractivity contribution >= 4 is 50.7 Å². The molecule has 0 aromatic heterocycles. The van der Waals surface area contributed by atoms with E-state index >= 15 is 0 Å². The largest absolute Gasteiger partial charge is 0.325 e.